The van der Waals surface area contributed by atoms with Crippen molar-refractivity contribution < 1.29 is 9.53 Å². The average Bonchev–Trinajstić information content (AvgIpc) is 2.81. The first-order chi connectivity index (χ1) is 9.74. The molecule has 0 atom stereocenters. The fourth-order valence-electron chi connectivity index (χ4n) is 1.68. The Morgan fingerprint density at radius 1 is 1.40 bits per heavy atom. The predicted molar refractivity (Wildman–Crippen MR) is 88.4 cm³/mol. The Kier molecular flexibility index (Phi) is 5.73. The Balaban J connectivity index is 2.20. The number of rotatable bonds is 5. The molecule has 0 N–H and O–H groups in total. The van der Waals surface area contributed by atoms with Crippen LogP contribution in [0.4, 0.5) is 0 Å². The first-order valence-electron chi connectivity index (χ1n) is 6.53. The highest BCUT2D eigenvalue weighted by Gasteiger charge is 2.21. The minimum absolute atomic E-state index is 0.00212. The van der Waals surface area contributed by atoms with Gasteiger partial charge in [0.05, 0.1) is 6.61 Å². The minimum atomic E-state index is -0.00212. The summed E-state index contributed by atoms with van der Waals surface area (Å²) in [6.07, 6.45) is 5.85. The zero-order chi connectivity index (χ0) is 14.4. The largest absolute Gasteiger partial charge is 0.493 e. The summed E-state index contributed by atoms with van der Waals surface area (Å²) in [6, 6.07) is 7.74. The van der Waals surface area contributed by atoms with Crippen molar-refractivity contribution in [1.29, 1.82) is 0 Å². The van der Waals surface area contributed by atoms with E-state index >= 15 is 0 Å². The van der Waals surface area contributed by atoms with Gasteiger partial charge in [0.15, 0.2) is 0 Å². The summed E-state index contributed by atoms with van der Waals surface area (Å²) in [6.45, 7) is 2.82. The summed E-state index contributed by atoms with van der Waals surface area (Å²) >= 11 is 2.68. The monoisotopic (exact) mass is 307 g/mol. The summed E-state index contributed by atoms with van der Waals surface area (Å²) < 4.78 is 6.56. The van der Waals surface area contributed by atoms with Gasteiger partial charge in [-0.1, -0.05) is 31.5 Å². The predicted octanol–water partition coefficient (Wildman–Crippen LogP) is 4.20. The molecule has 0 amide bonds. The van der Waals surface area contributed by atoms with Gasteiger partial charge < -0.3 is 4.74 Å². The molecule has 0 saturated carbocycles. The van der Waals surface area contributed by atoms with E-state index in [9.17, 15) is 4.79 Å². The fourth-order valence-corrected chi connectivity index (χ4v) is 2.94. The van der Waals surface area contributed by atoms with Crippen LogP contribution in [0, 0.1) is 0 Å². The molecule has 1 aliphatic rings. The normalized spacial score (nSPS) is 16.6. The molecular formula is C15H17NO2S2. The van der Waals surface area contributed by atoms with E-state index in [1.54, 1.807) is 6.08 Å². The Labute approximate surface area is 127 Å². The zero-order valence-electron chi connectivity index (χ0n) is 11.6. The van der Waals surface area contributed by atoms with Crippen molar-refractivity contribution in [2.75, 3.05) is 12.9 Å². The molecule has 0 saturated heterocycles. The molecule has 1 aromatic carbocycles. The van der Waals surface area contributed by atoms with E-state index in [1.165, 1.54) is 23.5 Å². The molecule has 1 aromatic rings. The Hall–Kier alpha value is -1.20. The molecule has 0 aliphatic carbocycles. The molecule has 20 heavy (non-hydrogen) atoms. The van der Waals surface area contributed by atoms with Crippen molar-refractivity contribution in [3.05, 3.63) is 35.5 Å². The standard InChI is InChI=1S/C15H17NO2S2/c1-3-4-9-18-13-8-6-5-7-11(13)10-12-14(17)20-15(16-12)19-2/h5-8,10H,3-4,9H2,1-2H3. The Morgan fingerprint density at radius 3 is 2.90 bits per heavy atom. The van der Waals surface area contributed by atoms with Crippen LogP contribution in [0.15, 0.2) is 35.0 Å². The smallest absolute Gasteiger partial charge is 0.244 e. The summed E-state index contributed by atoms with van der Waals surface area (Å²) in [4.78, 5) is 16.2. The van der Waals surface area contributed by atoms with Gasteiger partial charge in [-0.25, -0.2) is 4.99 Å². The molecule has 5 heteroatoms. The van der Waals surface area contributed by atoms with E-state index in [0.717, 1.165) is 28.5 Å². The number of thioether (sulfide) groups is 2. The second kappa shape index (κ2) is 7.55. The number of para-hydroxylation sites is 1. The number of unbranched alkanes of at least 4 members (excludes halogenated alkanes) is 1. The van der Waals surface area contributed by atoms with E-state index in [1.807, 2.05) is 30.5 Å². The van der Waals surface area contributed by atoms with Crippen LogP contribution in [0.25, 0.3) is 6.08 Å². The Bertz CT molecular complexity index is 553. The van der Waals surface area contributed by atoms with Crippen LogP contribution in [0.3, 0.4) is 0 Å². The number of hydrogen-bond acceptors (Lipinski definition) is 5. The number of carbonyl (C=O) groups is 1. The topological polar surface area (TPSA) is 38.7 Å². The van der Waals surface area contributed by atoms with Gasteiger partial charge in [-0.3, -0.25) is 4.79 Å². The second-order valence-corrected chi connectivity index (χ2v) is 6.26. The van der Waals surface area contributed by atoms with Crippen molar-refractivity contribution in [1.82, 2.24) is 0 Å². The summed E-state index contributed by atoms with van der Waals surface area (Å²) in [5.41, 5.74) is 1.39. The lowest BCUT2D eigenvalue weighted by Gasteiger charge is -2.08. The summed E-state index contributed by atoms with van der Waals surface area (Å²) in [5, 5.41) is -0.00212. The van der Waals surface area contributed by atoms with Gasteiger partial charge in [-0.05, 0) is 36.6 Å². The van der Waals surface area contributed by atoms with Gasteiger partial charge >= 0.3 is 0 Å². The second-order valence-electron chi connectivity index (χ2n) is 4.24. The average molecular weight is 307 g/mol. The van der Waals surface area contributed by atoms with E-state index < -0.39 is 0 Å². The van der Waals surface area contributed by atoms with Crippen LogP contribution in [0.5, 0.6) is 5.75 Å². The van der Waals surface area contributed by atoms with Crippen LogP contribution in [0.1, 0.15) is 25.3 Å². The van der Waals surface area contributed by atoms with E-state index in [0.29, 0.717) is 12.3 Å². The van der Waals surface area contributed by atoms with Crippen molar-refractivity contribution in [3.8, 4) is 5.75 Å². The van der Waals surface area contributed by atoms with Crippen LogP contribution >= 0.6 is 23.5 Å². The molecule has 0 aromatic heterocycles. The van der Waals surface area contributed by atoms with Gasteiger partial charge in [0, 0.05) is 5.56 Å². The van der Waals surface area contributed by atoms with Gasteiger partial charge in [-0.2, -0.15) is 0 Å². The van der Waals surface area contributed by atoms with Crippen molar-refractivity contribution in [2.24, 2.45) is 4.99 Å². The molecule has 0 unspecified atom stereocenters. The quantitative estimate of drug-likeness (QED) is 0.603. The van der Waals surface area contributed by atoms with Gasteiger partial charge in [0.2, 0.25) is 5.12 Å². The number of aliphatic imine (C=N–C) groups is 1. The summed E-state index contributed by atoms with van der Waals surface area (Å²) in [5.74, 6) is 0.805. The molecule has 3 nitrogen and oxygen atoms in total. The van der Waals surface area contributed by atoms with Crippen LogP contribution in [-0.2, 0) is 4.79 Å². The fraction of sp³-hybridized carbons (Fsp3) is 0.333. The maximum atomic E-state index is 11.8. The van der Waals surface area contributed by atoms with E-state index in [-0.39, 0.29) is 5.12 Å². The number of nitrogens with zero attached hydrogens (tertiary/aromatic N) is 1. The van der Waals surface area contributed by atoms with E-state index in [4.69, 9.17) is 4.74 Å². The number of ether oxygens (including phenoxy) is 1. The first kappa shape index (κ1) is 15.2. The lowest BCUT2D eigenvalue weighted by Crippen LogP contribution is -1.98. The first-order valence-corrected chi connectivity index (χ1v) is 8.57. The minimum Gasteiger partial charge on any atom is -0.493 e. The molecular weight excluding hydrogens is 290 g/mol. The molecule has 0 fully saturated rings. The molecule has 0 radical (unpaired) electrons. The molecule has 106 valence electrons. The maximum Gasteiger partial charge on any atom is 0.244 e. The molecule has 1 heterocycles. The summed E-state index contributed by atoms with van der Waals surface area (Å²) in [7, 11) is 0. The molecule has 2 rings (SSSR count). The third kappa shape index (κ3) is 3.90. The van der Waals surface area contributed by atoms with Crippen molar-refractivity contribution in [2.45, 2.75) is 19.8 Å². The van der Waals surface area contributed by atoms with Crippen molar-refractivity contribution in [3.63, 3.8) is 0 Å². The third-order valence-electron chi connectivity index (χ3n) is 2.74. The van der Waals surface area contributed by atoms with Gasteiger partial charge in [-0.15, -0.1) is 11.8 Å². The number of hydrogen-bond donors (Lipinski definition) is 0. The maximum absolute atomic E-state index is 11.8. The highest BCUT2D eigenvalue weighted by Crippen LogP contribution is 2.31. The van der Waals surface area contributed by atoms with Gasteiger partial charge in [0.25, 0.3) is 0 Å². The van der Waals surface area contributed by atoms with Crippen LogP contribution in [-0.4, -0.2) is 22.4 Å². The van der Waals surface area contributed by atoms with Gasteiger partial charge in [0.1, 0.15) is 15.8 Å². The molecule has 0 spiro atoms. The zero-order valence-corrected chi connectivity index (χ0v) is 13.2. The van der Waals surface area contributed by atoms with Crippen LogP contribution < -0.4 is 4.74 Å². The lowest BCUT2D eigenvalue weighted by atomic mass is 10.1. The highest BCUT2D eigenvalue weighted by atomic mass is 32.2. The highest BCUT2D eigenvalue weighted by molar-refractivity contribution is 8.45. The number of carbonyl (C=O) groups excluding carboxylic acids is 1. The third-order valence-corrected chi connectivity index (χ3v) is 4.59. The lowest BCUT2D eigenvalue weighted by molar-refractivity contribution is -0.107. The Morgan fingerprint density at radius 2 is 2.20 bits per heavy atom. The molecule has 0 bridgehead atoms. The number of benzene rings is 1. The SMILES string of the molecule is CCCCOc1ccccc1C=C1N=C(SC)SC1=O. The van der Waals surface area contributed by atoms with Crippen molar-refractivity contribution >= 4 is 39.1 Å². The molecule has 1 aliphatic heterocycles. The van der Waals surface area contributed by atoms with E-state index in [2.05, 4.69) is 11.9 Å². The van der Waals surface area contributed by atoms with Crippen LogP contribution in [0.2, 0.25) is 0 Å².